The zero-order valence-electron chi connectivity index (χ0n) is 11.1. The minimum atomic E-state index is -0.673. The lowest BCUT2D eigenvalue weighted by molar-refractivity contribution is 0.0994. The van der Waals surface area contributed by atoms with E-state index >= 15 is 0 Å². The molecule has 114 valence electrons. The van der Waals surface area contributed by atoms with Crippen LogP contribution in [0.15, 0.2) is 32.6 Å². The molecule has 0 bridgehead atoms. The standard InChI is InChI=1S/C14H10BrF2N3OS/c15-7-3-9(17)11(4-8(7)16)22-12-5-10(13(18)21)19-14(20-12)6-1-2-6/h3-6H,1-2H2,(H2,18,21). The van der Waals surface area contributed by atoms with Gasteiger partial charge in [0.2, 0.25) is 0 Å². The first kappa shape index (κ1) is 15.4. The molecule has 22 heavy (non-hydrogen) atoms. The summed E-state index contributed by atoms with van der Waals surface area (Å²) in [5.41, 5.74) is 5.34. The van der Waals surface area contributed by atoms with E-state index in [1.54, 1.807) is 0 Å². The van der Waals surface area contributed by atoms with Crippen LogP contribution in [0, 0.1) is 11.6 Å². The van der Waals surface area contributed by atoms with Gasteiger partial charge in [0.15, 0.2) is 0 Å². The highest BCUT2D eigenvalue weighted by molar-refractivity contribution is 9.10. The zero-order valence-corrected chi connectivity index (χ0v) is 13.5. The Balaban J connectivity index is 1.98. The van der Waals surface area contributed by atoms with E-state index in [0.29, 0.717) is 10.9 Å². The Morgan fingerprint density at radius 3 is 2.59 bits per heavy atom. The molecule has 1 amide bonds. The molecule has 1 aliphatic rings. The van der Waals surface area contributed by atoms with Crippen molar-refractivity contribution in [3.63, 3.8) is 0 Å². The minimum absolute atomic E-state index is 0.0496. The summed E-state index contributed by atoms with van der Waals surface area (Å²) in [5, 5.41) is 0.367. The van der Waals surface area contributed by atoms with Crippen molar-refractivity contribution in [2.45, 2.75) is 28.7 Å². The van der Waals surface area contributed by atoms with Crippen molar-refractivity contribution in [2.24, 2.45) is 5.73 Å². The Morgan fingerprint density at radius 2 is 1.95 bits per heavy atom. The number of amides is 1. The molecule has 3 rings (SSSR count). The van der Waals surface area contributed by atoms with Crippen LogP contribution in [0.1, 0.15) is 35.1 Å². The van der Waals surface area contributed by atoms with E-state index in [1.807, 2.05) is 0 Å². The van der Waals surface area contributed by atoms with Crippen LogP contribution >= 0.6 is 27.7 Å². The molecule has 4 nitrogen and oxygen atoms in total. The molecule has 0 radical (unpaired) electrons. The second kappa shape index (κ2) is 5.92. The van der Waals surface area contributed by atoms with E-state index in [2.05, 4.69) is 25.9 Å². The number of rotatable bonds is 4. The van der Waals surface area contributed by atoms with E-state index in [1.165, 1.54) is 6.07 Å². The van der Waals surface area contributed by atoms with Gasteiger partial charge < -0.3 is 5.73 Å². The molecule has 1 saturated carbocycles. The van der Waals surface area contributed by atoms with Crippen LogP contribution in [-0.2, 0) is 0 Å². The van der Waals surface area contributed by atoms with Crippen molar-refractivity contribution in [1.82, 2.24) is 9.97 Å². The van der Waals surface area contributed by atoms with Crippen molar-refractivity contribution in [3.05, 3.63) is 45.8 Å². The highest BCUT2D eigenvalue weighted by atomic mass is 79.9. The Labute approximate surface area is 137 Å². The van der Waals surface area contributed by atoms with Crippen LogP contribution in [0.25, 0.3) is 0 Å². The van der Waals surface area contributed by atoms with Crippen molar-refractivity contribution in [3.8, 4) is 0 Å². The first-order valence-electron chi connectivity index (χ1n) is 6.45. The predicted molar refractivity (Wildman–Crippen MR) is 80.7 cm³/mol. The predicted octanol–water partition coefficient (Wildman–Crippen LogP) is 3.64. The summed E-state index contributed by atoms with van der Waals surface area (Å²) < 4.78 is 27.5. The third kappa shape index (κ3) is 3.27. The van der Waals surface area contributed by atoms with Crippen LogP contribution in [0.3, 0.4) is 0 Å². The Hall–Kier alpha value is -1.54. The molecule has 0 saturated heterocycles. The zero-order chi connectivity index (χ0) is 15.9. The number of carbonyl (C=O) groups is 1. The maximum absolute atomic E-state index is 13.9. The van der Waals surface area contributed by atoms with Gasteiger partial charge in [0, 0.05) is 12.0 Å². The van der Waals surface area contributed by atoms with Gasteiger partial charge in [-0.15, -0.1) is 0 Å². The molecular formula is C14H10BrF2N3OS. The molecule has 1 aliphatic carbocycles. The number of carbonyl (C=O) groups excluding carboxylic acids is 1. The Kier molecular flexibility index (Phi) is 4.14. The highest BCUT2D eigenvalue weighted by Gasteiger charge is 2.28. The number of primary amides is 1. The quantitative estimate of drug-likeness (QED) is 0.644. The first-order chi connectivity index (χ1) is 10.4. The summed E-state index contributed by atoms with van der Waals surface area (Å²) in [5.74, 6) is -1.09. The first-order valence-corrected chi connectivity index (χ1v) is 8.06. The number of halogens is 3. The molecule has 0 unspecified atom stereocenters. The third-order valence-electron chi connectivity index (χ3n) is 3.10. The van der Waals surface area contributed by atoms with Crippen LogP contribution in [0.5, 0.6) is 0 Å². The molecule has 0 spiro atoms. The van der Waals surface area contributed by atoms with Crippen molar-refractivity contribution in [1.29, 1.82) is 0 Å². The van der Waals surface area contributed by atoms with Crippen LogP contribution in [-0.4, -0.2) is 15.9 Å². The van der Waals surface area contributed by atoms with Crippen molar-refractivity contribution in [2.75, 3.05) is 0 Å². The molecule has 0 atom stereocenters. The minimum Gasteiger partial charge on any atom is -0.364 e. The maximum Gasteiger partial charge on any atom is 0.267 e. The van der Waals surface area contributed by atoms with E-state index in [0.717, 1.165) is 36.7 Å². The van der Waals surface area contributed by atoms with Gasteiger partial charge in [0.05, 0.1) is 9.37 Å². The fourth-order valence-electron chi connectivity index (χ4n) is 1.84. The summed E-state index contributed by atoms with van der Waals surface area (Å²) in [6.45, 7) is 0. The van der Waals surface area contributed by atoms with Crippen LogP contribution in [0.4, 0.5) is 8.78 Å². The van der Waals surface area contributed by atoms with Gasteiger partial charge in [0.25, 0.3) is 5.91 Å². The summed E-state index contributed by atoms with van der Waals surface area (Å²) in [4.78, 5) is 19.9. The lowest BCUT2D eigenvalue weighted by atomic mass is 10.3. The third-order valence-corrected chi connectivity index (χ3v) is 4.66. The highest BCUT2D eigenvalue weighted by Crippen LogP contribution is 2.39. The van der Waals surface area contributed by atoms with E-state index < -0.39 is 17.5 Å². The monoisotopic (exact) mass is 385 g/mol. The number of nitrogens with zero attached hydrogens (tertiary/aromatic N) is 2. The van der Waals surface area contributed by atoms with Gasteiger partial charge in [-0.25, -0.2) is 18.7 Å². The average molecular weight is 386 g/mol. The number of benzene rings is 1. The molecule has 2 aromatic rings. The largest absolute Gasteiger partial charge is 0.364 e. The van der Waals surface area contributed by atoms with Crippen LogP contribution < -0.4 is 5.73 Å². The molecular weight excluding hydrogens is 376 g/mol. The normalized spacial score (nSPS) is 14.1. The summed E-state index contributed by atoms with van der Waals surface area (Å²) >= 11 is 3.86. The van der Waals surface area contributed by atoms with Crippen molar-refractivity contribution < 1.29 is 13.6 Å². The Bertz CT molecular complexity index is 768. The lowest BCUT2D eigenvalue weighted by Gasteiger charge is -2.07. The molecule has 0 aliphatic heterocycles. The van der Waals surface area contributed by atoms with Gasteiger partial charge >= 0.3 is 0 Å². The SMILES string of the molecule is NC(=O)c1cc(Sc2cc(F)c(Br)cc2F)nc(C2CC2)n1. The topological polar surface area (TPSA) is 68.9 Å². The number of nitrogens with two attached hydrogens (primary N) is 1. The van der Waals surface area contributed by atoms with E-state index in [-0.39, 0.29) is 21.0 Å². The number of hydrogen-bond acceptors (Lipinski definition) is 4. The second-order valence-corrected chi connectivity index (χ2v) is 6.80. The number of hydrogen-bond donors (Lipinski definition) is 1. The fraction of sp³-hybridized carbons (Fsp3) is 0.214. The fourth-order valence-corrected chi connectivity index (χ4v) is 3.01. The molecule has 2 N–H and O–H groups in total. The molecule has 1 fully saturated rings. The van der Waals surface area contributed by atoms with Gasteiger partial charge in [-0.1, -0.05) is 11.8 Å². The molecule has 8 heteroatoms. The number of aromatic nitrogens is 2. The maximum atomic E-state index is 13.9. The summed E-state index contributed by atoms with van der Waals surface area (Å²) in [6, 6.07) is 3.51. The Morgan fingerprint density at radius 1 is 1.23 bits per heavy atom. The summed E-state index contributed by atoms with van der Waals surface area (Å²) in [7, 11) is 0. The van der Waals surface area contributed by atoms with Crippen LogP contribution in [0.2, 0.25) is 0 Å². The van der Waals surface area contributed by atoms with Crippen molar-refractivity contribution >= 4 is 33.6 Å². The lowest BCUT2D eigenvalue weighted by Crippen LogP contribution is -2.15. The second-order valence-electron chi connectivity index (χ2n) is 4.89. The molecule has 1 aromatic carbocycles. The molecule has 1 aromatic heterocycles. The average Bonchev–Trinajstić information content (AvgIpc) is 3.29. The van der Waals surface area contributed by atoms with Gasteiger partial charge in [0.1, 0.15) is 28.2 Å². The molecule has 1 heterocycles. The van der Waals surface area contributed by atoms with Gasteiger partial charge in [-0.3, -0.25) is 4.79 Å². The van der Waals surface area contributed by atoms with E-state index in [4.69, 9.17) is 5.73 Å². The van der Waals surface area contributed by atoms with Gasteiger partial charge in [-0.05, 0) is 40.9 Å². The van der Waals surface area contributed by atoms with E-state index in [9.17, 15) is 13.6 Å². The summed E-state index contributed by atoms with van der Waals surface area (Å²) in [6.07, 6.45) is 1.90. The smallest absolute Gasteiger partial charge is 0.267 e. The van der Waals surface area contributed by atoms with Gasteiger partial charge in [-0.2, -0.15) is 0 Å².